The van der Waals surface area contributed by atoms with Crippen LogP contribution >= 0.6 is 0 Å². The molecule has 4 nitrogen and oxygen atoms in total. The van der Waals surface area contributed by atoms with Crippen LogP contribution < -0.4 is 0 Å². The Morgan fingerprint density at radius 2 is 1.88 bits per heavy atom. The van der Waals surface area contributed by atoms with Crippen molar-refractivity contribution in [2.75, 3.05) is 6.61 Å². The molecule has 1 aliphatic carbocycles. The minimum absolute atomic E-state index is 0.105. The zero-order valence-corrected chi connectivity index (χ0v) is 21.5. The summed E-state index contributed by atoms with van der Waals surface area (Å²) in [6, 6.07) is 8.47. The molecule has 2 rings (SSSR count). The molecule has 0 aromatic heterocycles. The summed E-state index contributed by atoms with van der Waals surface area (Å²) in [5.74, 6) is -0.452. The van der Waals surface area contributed by atoms with Gasteiger partial charge in [0.2, 0.25) is 0 Å². The smallest absolute Gasteiger partial charge is 0.330 e. The maximum Gasteiger partial charge on any atom is 0.330 e. The van der Waals surface area contributed by atoms with Gasteiger partial charge in [0.1, 0.15) is 0 Å². The van der Waals surface area contributed by atoms with Crippen LogP contribution in [-0.4, -0.2) is 26.2 Å². The molecule has 0 bridgehead atoms. The van der Waals surface area contributed by atoms with Gasteiger partial charge in [-0.3, -0.25) is 0 Å². The Bertz CT molecular complexity index is 1040. The van der Waals surface area contributed by atoms with Gasteiger partial charge in [0, 0.05) is 6.08 Å². The largest absolute Gasteiger partial charge is 0.463 e. The number of hydrogen-bond acceptors (Lipinski definition) is 4. The predicted octanol–water partition coefficient (Wildman–Crippen LogP) is 6.76. The van der Waals surface area contributed by atoms with E-state index in [1.54, 1.807) is 44.2 Å². The van der Waals surface area contributed by atoms with Crippen molar-refractivity contribution < 1.29 is 17.9 Å². The van der Waals surface area contributed by atoms with Crippen LogP contribution in [0.15, 0.2) is 82.3 Å². The fourth-order valence-electron chi connectivity index (χ4n) is 4.47. The number of allylic oxidation sites excluding steroid dienone is 6. The van der Waals surface area contributed by atoms with E-state index in [0.717, 1.165) is 18.4 Å². The summed E-state index contributed by atoms with van der Waals surface area (Å²) >= 11 is 0. The van der Waals surface area contributed by atoms with Gasteiger partial charge < -0.3 is 4.74 Å². The zero-order chi connectivity index (χ0) is 24.6. The highest BCUT2D eigenvalue weighted by Crippen LogP contribution is 2.41. The molecule has 180 valence electrons. The summed E-state index contributed by atoms with van der Waals surface area (Å²) in [5.41, 5.74) is 4.23. The molecule has 0 aliphatic heterocycles. The molecule has 1 atom stereocenters. The fourth-order valence-corrected chi connectivity index (χ4v) is 6.31. The molecular formula is C28H38O4S. The van der Waals surface area contributed by atoms with Gasteiger partial charge in [-0.15, -0.1) is 0 Å². The number of carbonyl (C=O) groups is 1. The summed E-state index contributed by atoms with van der Waals surface area (Å²) in [5, 5.41) is -0.725. The van der Waals surface area contributed by atoms with Crippen LogP contribution in [0.2, 0.25) is 0 Å². The van der Waals surface area contributed by atoms with Gasteiger partial charge in [0.25, 0.3) is 0 Å². The molecular weight excluding hydrogens is 432 g/mol. The van der Waals surface area contributed by atoms with Gasteiger partial charge in [0.05, 0.1) is 16.8 Å². The zero-order valence-electron chi connectivity index (χ0n) is 20.7. The Morgan fingerprint density at radius 1 is 1.21 bits per heavy atom. The van der Waals surface area contributed by atoms with E-state index in [1.165, 1.54) is 23.6 Å². The van der Waals surface area contributed by atoms with Crippen molar-refractivity contribution >= 4 is 15.8 Å². The minimum atomic E-state index is -3.62. The average Bonchev–Trinajstić information content (AvgIpc) is 2.73. The van der Waals surface area contributed by atoms with E-state index >= 15 is 0 Å². The van der Waals surface area contributed by atoms with Crippen molar-refractivity contribution in [3.05, 3.63) is 77.4 Å². The summed E-state index contributed by atoms with van der Waals surface area (Å²) in [6.45, 7) is 14.6. The maximum absolute atomic E-state index is 13.5. The van der Waals surface area contributed by atoms with Gasteiger partial charge in [-0.1, -0.05) is 67.5 Å². The number of ether oxygens (including phenoxy) is 1. The van der Waals surface area contributed by atoms with Crippen LogP contribution in [-0.2, 0) is 19.4 Å². The van der Waals surface area contributed by atoms with Crippen LogP contribution in [0.25, 0.3) is 0 Å². The van der Waals surface area contributed by atoms with Crippen LogP contribution in [0, 0.1) is 5.41 Å². The summed E-state index contributed by atoms with van der Waals surface area (Å²) in [6.07, 6.45) is 9.41. The lowest BCUT2D eigenvalue weighted by atomic mass is 9.72. The quantitative estimate of drug-likeness (QED) is 0.215. The van der Waals surface area contributed by atoms with Gasteiger partial charge in [0.15, 0.2) is 9.84 Å². The third-order valence-corrected chi connectivity index (χ3v) is 8.37. The Morgan fingerprint density at radius 3 is 2.48 bits per heavy atom. The van der Waals surface area contributed by atoms with Crippen LogP contribution in [0.3, 0.4) is 0 Å². The lowest BCUT2D eigenvalue weighted by molar-refractivity contribution is -0.137. The Labute approximate surface area is 200 Å². The molecule has 0 fully saturated rings. The number of esters is 1. The molecule has 0 radical (unpaired) electrons. The number of hydrogen-bond donors (Lipinski definition) is 0. The predicted molar refractivity (Wildman–Crippen MR) is 136 cm³/mol. The molecule has 0 N–H and O–H groups in total. The number of sulfone groups is 1. The molecule has 33 heavy (non-hydrogen) atoms. The van der Waals surface area contributed by atoms with E-state index < -0.39 is 21.1 Å². The summed E-state index contributed by atoms with van der Waals surface area (Å²) < 4.78 is 31.9. The molecule has 5 heteroatoms. The first-order chi connectivity index (χ1) is 15.5. The topological polar surface area (TPSA) is 60.4 Å². The van der Waals surface area contributed by atoms with Crippen molar-refractivity contribution in [3.8, 4) is 0 Å². The highest BCUT2D eigenvalue weighted by atomic mass is 32.2. The molecule has 1 aliphatic rings. The lowest BCUT2D eigenvalue weighted by Gasteiger charge is -2.33. The standard InChI is InChI=1S/C28H38O4S/c1-7-32-27(29)20-22(3)19-25(33(30,31)24-13-9-8-10-14-24)18-21(2)15-16-26-23(4)12-11-17-28(26,5)6/h8-10,13-16,20,25H,2,7,11-12,17-19H2,1,3-6H3/b16-15+,22-20+. The average molecular weight is 471 g/mol. The minimum Gasteiger partial charge on any atom is -0.463 e. The first-order valence-corrected chi connectivity index (χ1v) is 13.2. The van der Waals surface area contributed by atoms with Gasteiger partial charge in [-0.05, 0) is 76.0 Å². The van der Waals surface area contributed by atoms with E-state index in [0.29, 0.717) is 5.57 Å². The van der Waals surface area contributed by atoms with E-state index in [2.05, 4.69) is 33.4 Å². The highest BCUT2D eigenvalue weighted by Gasteiger charge is 2.29. The second-order valence-electron chi connectivity index (χ2n) is 9.55. The van der Waals surface area contributed by atoms with E-state index in [4.69, 9.17) is 4.74 Å². The van der Waals surface area contributed by atoms with E-state index in [-0.39, 0.29) is 29.8 Å². The van der Waals surface area contributed by atoms with Crippen molar-refractivity contribution in [2.45, 2.75) is 76.9 Å². The number of carbonyl (C=O) groups excluding carboxylic acids is 1. The fraction of sp³-hybridized carbons (Fsp3) is 0.464. The van der Waals surface area contributed by atoms with E-state index in [9.17, 15) is 13.2 Å². The maximum atomic E-state index is 13.5. The van der Waals surface area contributed by atoms with Crippen LogP contribution in [0.5, 0.6) is 0 Å². The lowest BCUT2D eigenvalue weighted by Crippen LogP contribution is -2.23. The molecule has 0 saturated carbocycles. The Kier molecular flexibility index (Phi) is 9.47. The van der Waals surface area contributed by atoms with Crippen LogP contribution in [0.4, 0.5) is 0 Å². The second-order valence-corrected chi connectivity index (χ2v) is 11.8. The monoisotopic (exact) mass is 470 g/mol. The van der Waals surface area contributed by atoms with Crippen LogP contribution in [0.1, 0.15) is 66.7 Å². The summed E-state index contributed by atoms with van der Waals surface area (Å²) in [7, 11) is -3.62. The van der Waals surface area contributed by atoms with E-state index in [1.807, 2.05) is 6.08 Å². The van der Waals surface area contributed by atoms with Crippen molar-refractivity contribution in [3.63, 3.8) is 0 Å². The molecule has 1 unspecified atom stereocenters. The number of rotatable bonds is 10. The molecule has 1 aromatic carbocycles. The normalized spacial score (nSPS) is 17.8. The molecule has 0 saturated heterocycles. The van der Waals surface area contributed by atoms with Gasteiger partial charge in [-0.2, -0.15) is 0 Å². The Balaban J connectivity index is 2.30. The molecule has 1 aromatic rings. The molecule has 0 amide bonds. The molecule has 0 spiro atoms. The second kappa shape index (κ2) is 11.6. The van der Waals surface area contributed by atoms with Crippen molar-refractivity contribution in [1.82, 2.24) is 0 Å². The number of benzene rings is 1. The van der Waals surface area contributed by atoms with Crippen molar-refractivity contribution in [2.24, 2.45) is 5.41 Å². The first kappa shape index (κ1) is 26.8. The summed E-state index contributed by atoms with van der Waals surface area (Å²) in [4.78, 5) is 12.1. The highest BCUT2D eigenvalue weighted by molar-refractivity contribution is 7.92. The molecule has 0 heterocycles. The van der Waals surface area contributed by atoms with Gasteiger partial charge >= 0.3 is 5.97 Å². The Hall–Kier alpha value is -2.40. The van der Waals surface area contributed by atoms with Gasteiger partial charge in [-0.25, -0.2) is 13.2 Å². The third kappa shape index (κ3) is 7.56. The third-order valence-electron chi connectivity index (χ3n) is 6.23. The SMILES string of the molecule is C=C(/C=C/C1=C(C)CCCC1(C)C)CC(C/C(C)=C/C(=O)OCC)S(=O)(=O)c1ccccc1. The first-order valence-electron chi connectivity index (χ1n) is 11.7. The van der Waals surface area contributed by atoms with Crippen molar-refractivity contribution in [1.29, 1.82) is 0 Å².